The lowest BCUT2D eigenvalue weighted by molar-refractivity contribution is -0.139. The van der Waals surface area contributed by atoms with Gasteiger partial charge in [-0.05, 0) is 30.3 Å². The lowest BCUT2D eigenvalue weighted by Crippen LogP contribution is -2.29. The van der Waals surface area contributed by atoms with Crippen molar-refractivity contribution in [1.82, 2.24) is 4.57 Å². The molecular formula is C17H11ClF4N2O4S. The molecule has 0 saturated heterocycles. The summed E-state index contributed by atoms with van der Waals surface area (Å²) in [4.78, 5) is 11.9. The van der Waals surface area contributed by atoms with Gasteiger partial charge in [-0.1, -0.05) is 23.7 Å². The van der Waals surface area contributed by atoms with Gasteiger partial charge in [-0.25, -0.2) is 9.18 Å². The molecule has 0 radical (unpaired) electrons. The molecule has 0 aliphatic carbocycles. The van der Waals surface area contributed by atoms with Crippen molar-refractivity contribution in [3.05, 3.63) is 65.1 Å². The summed E-state index contributed by atoms with van der Waals surface area (Å²) in [6.07, 6.45) is 1.26. The fraction of sp³-hybridized carbons (Fsp3) is 0.118. The first-order valence-electron chi connectivity index (χ1n) is 7.79. The van der Waals surface area contributed by atoms with Crippen molar-refractivity contribution >= 4 is 44.2 Å². The van der Waals surface area contributed by atoms with E-state index in [0.29, 0.717) is 0 Å². The smallest absolute Gasteiger partial charge is 0.479 e. The van der Waals surface area contributed by atoms with E-state index in [1.54, 1.807) is 0 Å². The maximum atomic E-state index is 13.3. The summed E-state index contributed by atoms with van der Waals surface area (Å²) in [5.74, 6) is -2.04. The molecular weight excluding hydrogens is 440 g/mol. The molecule has 0 fully saturated rings. The van der Waals surface area contributed by atoms with Crippen LogP contribution >= 0.6 is 11.6 Å². The highest BCUT2D eigenvalue weighted by atomic mass is 35.5. The van der Waals surface area contributed by atoms with Crippen LogP contribution in [0.3, 0.4) is 0 Å². The van der Waals surface area contributed by atoms with Crippen molar-refractivity contribution in [1.29, 1.82) is 0 Å². The third kappa shape index (κ3) is 3.87. The molecule has 1 unspecified atom stereocenters. The Balaban J connectivity index is 2.15. The molecule has 1 atom stereocenters. The number of anilines is 1. The predicted octanol–water partition coefficient (Wildman–Crippen LogP) is 4.37. The van der Waals surface area contributed by atoms with E-state index in [2.05, 4.69) is 0 Å². The topological polar surface area (TPSA) is 88.4 Å². The molecule has 0 aliphatic heterocycles. The van der Waals surface area contributed by atoms with Gasteiger partial charge >= 0.3 is 21.5 Å². The number of benzene rings is 2. The lowest BCUT2D eigenvalue weighted by Gasteiger charge is -2.18. The number of carboxylic acid groups (broad SMARTS) is 1. The molecule has 1 aromatic heterocycles. The number of carboxylic acids is 1. The Kier molecular flexibility index (Phi) is 5.22. The van der Waals surface area contributed by atoms with Gasteiger partial charge in [0.2, 0.25) is 0 Å². The maximum absolute atomic E-state index is 13.3. The van der Waals surface area contributed by atoms with Gasteiger partial charge in [-0.2, -0.15) is 21.6 Å². The molecule has 2 aromatic carbocycles. The summed E-state index contributed by atoms with van der Waals surface area (Å²) < 4.78 is 76.8. The zero-order chi connectivity index (χ0) is 21.6. The molecule has 0 saturated carbocycles. The van der Waals surface area contributed by atoms with E-state index >= 15 is 0 Å². The van der Waals surface area contributed by atoms with Crippen LogP contribution in [-0.4, -0.2) is 29.6 Å². The third-order valence-corrected chi connectivity index (χ3v) is 5.51. The first kappa shape index (κ1) is 20.9. The van der Waals surface area contributed by atoms with Gasteiger partial charge in [0.15, 0.2) is 6.04 Å². The average molecular weight is 451 g/mol. The number of fused-ring (bicyclic) bond motifs is 1. The number of aromatic nitrogens is 1. The van der Waals surface area contributed by atoms with Gasteiger partial charge in [0.25, 0.3) is 0 Å². The SMILES string of the molecule is O=C(O)C(c1ccc(F)cc1Cl)n1ccc2c(NS(=O)(=O)C(F)(F)F)cccc21. The summed E-state index contributed by atoms with van der Waals surface area (Å²) in [7, 11) is -5.67. The highest BCUT2D eigenvalue weighted by Gasteiger charge is 2.46. The van der Waals surface area contributed by atoms with Crippen LogP contribution in [0.5, 0.6) is 0 Å². The molecule has 2 N–H and O–H groups in total. The Hall–Kier alpha value is -2.79. The minimum Gasteiger partial charge on any atom is -0.479 e. The van der Waals surface area contributed by atoms with E-state index in [9.17, 15) is 35.9 Å². The van der Waals surface area contributed by atoms with Crippen LogP contribution in [0.25, 0.3) is 10.9 Å². The van der Waals surface area contributed by atoms with Crippen LogP contribution in [0, 0.1) is 5.82 Å². The van der Waals surface area contributed by atoms with E-state index < -0.39 is 33.4 Å². The number of nitrogens with zero attached hydrogens (tertiary/aromatic N) is 1. The number of hydrogen-bond donors (Lipinski definition) is 2. The molecule has 0 bridgehead atoms. The Morgan fingerprint density at radius 3 is 2.45 bits per heavy atom. The minimum absolute atomic E-state index is 0.0322. The number of carbonyl (C=O) groups is 1. The number of nitrogens with one attached hydrogen (secondary N) is 1. The monoisotopic (exact) mass is 450 g/mol. The van der Waals surface area contributed by atoms with Gasteiger partial charge in [-0.3, -0.25) is 4.72 Å². The molecule has 3 aromatic rings. The van der Waals surface area contributed by atoms with Crippen LogP contribution in [0.15, 0.2) is 48.7 Å². The van der Waals surface area contributed by atoms with E-state index in [4.69, 9.17) is 11.6 Å². The minimum atomic E-state index is -5.67. The molecule has 0 amide bonds. The van der Waals surface area contributed by atoms with Crippen LogP contribution in [0.2, 0.25) is 5.02 Å². The molecule has 6 nitrogen and oxygen atoms in total. The van der Waals surface area contributed by atoms with Gasteiger partial charge in [0.1, 0.15) is 5.82 Å². The quantitative estimate of drug-likeness (QED) is 0.565. The van der Waals surface area contributed by atoms with Crippen LogP contribution < -0.4 is 4.72 Å². The molecule has 0 spiro atoms. The van der Waals surface area contributed by atoms with Crippen LogP contribution in [0.4, 0.5) is 23.2 Å². The normalized spacial score (nSPS) is 13.4. The molecule has 154 valence electrons. The van der Waals surface area contributed by atoms with Crippen molar-refractivity contribution in [2.75, 3.05) is 4.72 Å². The largest absolute Gasteiger partial charge is 0.516 e. The number of sulfonamides is 1. The lowest BCUT2D eigenvalue weighted by atomic mass is 10.1. The van der Waals surface area contributed by atoms with Crippen molar-refractivity contribution < 1.29 is 35.9 Å². The van der Waals surface area contributed by atoms with Crippen LogP contribution in [-0.2, 0) is 14.8 Å². The third-order valence-electron chi connectivity index (χ3n) is 4.08. The fourth-order valence-corrected chi connectivity index (χ4v) is 3.68. The highest BCUT2D eigenvalue weighted by Crippen LogP contribution is 2.34. The second-order valence-corrected chi connectivity index (χ2v) is 8.00. The molecule has 1 heterocycles. The summed E-state index contributed by atoms with van der Waals surface area (Å²) in [6, 6.07) is 6.72. The Morgan fingerprint density at radius 1 is 1.17 bits per heavy atom. The van der Waals surface area contributed by atoms with Gasteiger partial charge in [0, 0.05) is 22.2 Å². The zero-order valence-electron chi connectivity index (χ0n) is 14.1. The number of aliphatic carboxylic acids is 1. The zero-order valence-corrected chi connectivity index (χ0v) is 15.7. The van der Waals surface area contributed by atoms with Crippen LogP contribution in [0.1, 0.15) is 11.6 Å². The summed E-state index contributed by atoms with van der Waals surface area (Å²) in [5.41, 5.74) is -5.74. The summed E-state index contributed by atoms with van der Waals surface area (Å²) >= 11 is 5.97. The summed E-state index contributed by atoms with van der Waals surface area (Å²) in [6.45, 7) is 0. The predicted molar refractivity (Wildman–Crippen MR) is 97.7 cm³/mol. The molecule has 0 aliphatic rings. The highest BCUT2D eigenvalue weighted by molar-refractivity contribution is 7.93. The molecule has 3 rings (SSSR count). The number of alkyl halides is 3. The van der Waals surface area contributed by atoms with E-state index in [1.807, 2.05) is 0 Å². The number of rotatable bonds is 5. The fourth-order valence-electron chi connectivity index (χ4n) is 2.83. The van der Waals surface area contributed by atoms with Gasteiger partial charge < -0.3 is 9.67 Å². The van der Waals surface area contributed by atoms with Crippen molar-refractivity contribution in [3.8, 4) is 0 Å². The van der Waals surface area contributed by atoms with E-state index in [1.165, 1.54) is 39.8 Å². The standard InChI is InChI=1S/C17H11ClF4N2O4S/c18-12-8-9(19)4-5-10(12)15(16(25)26)24-7-6-11-13(2-1-3-14(11)24)23-29(27,28)17(20,21)22/h1-8,15,23H,(H,25,26). The Labute approximate surface area is 166 Å². The maximum Gasteiger partial charge on any atom is 0.516 e. The Bertz CT molecular complexity index is 1210. The molecule has 12 heteroatoms. The van der Waals surface area contributed by atoms with Crippen molar-refractivity contribution in [3.63, 3.8) is 0 Å². The van der Waals surface area contributed by atoms with Crippen molar-refractivity contribution in [2.24, 2.45) is 0 Å². The number of halogens is 5. The van der Waals surface area contributed by atoms with E-state index in [-0.39, 0.29) is 27.2 Å². The first-order valence-corrected chi connectivity index (χ1v) is 9.65. The van der Waals surface area contributed by atoms with E-state index in [0.717, 1.165) is 18.2 Å². The van der Waals surface area contributed by atoms with Gasteiger partial charge in [-0.15, -0.1) is 0 Å². The Morgan fingerprint density at radius 2 is 1.86 bits per heavy atom. The summed E-state index contributed by atoms with van der Waals surface area (Å²) in [5, 5.41) is 9.55. The molecule has 29 heavy (non-hydrogen) atoms. The second-order valence-electron chi connectivity index (χ2n) is 5.92. The van der Waals surface area contributed by atoms with Crippen molar-refractivity contribution in [2.45, 2.75) is 11.6 Å². The average Bonchev–Trinajstić information content (AvgIpc) is 3.00. The first-order chi connectivity index (χ1) is 13.4. The number of hydrogen-bond acceptors (Lipinski definition) is 3. The van der Waals surface area contributed by atoms with Gasteiger partial charge in [0.05, 0.1) is 11.2 Å². The second kappa shape index (κ2) is 7.23.